The maximum absolute atomic E-state index is 12.2. The van der Waals surface area contributed by atoms with E-state index >= 15 is 0 Å². The zero-order valence-electron chi connectivity index (χ0n) is 12.1. The van der Waals surface area contributed by atoms with Gasteiger partial charge < -0.3 is 9.30 Å². The molecule has 0 unspecified atom stereocenters. The van der Waals surface area contributed by atoms with Crippen LogP contribution in [0.25, 0.3) is 20.4 Å². The van der Waals surface area contributed by atoms with Gasteiger partial charge in [0, 0.05) is 24.4 Å². The number of hydrogen-bond acceptors (Lipinski definition) is 5. The summed E-state index contributed by atoms with van der Waals surface area (Å²) >= 11 is 1.43. The van der Waals surface area contributed by atoms with E-state index < -0.39 is 0 Å². The predicted octanol–water partition coefficient (Wildman–Crippen LogP) is 2.39. The molecular formula is C15H15N3O2S. The molecule has 108 valence electrons. The van der Waals surface area contributed by atoms with Gasteiger partial charge in [-0.1, -0.05) is 0 Å². The fourth-order valence-corrected chi connectivity index (χ4v) is 3.83. The van der Waals surface area contributed by atoms with Gasteiger partial charge in [-0.15, -0.1) is 11.3 Å². The van der Waals surface area contributed by atoms with Gasteiger partial charge in [0.1, 0.15) is 9.53 Å². The standard InChI is InChI=1S/C15H15N3O2S/c1-15(2)5-10-8(6-20-15)4-9-11-12(21-13(9)17-10)14(19)18(3)7-16-11/h4,7H,5-6H2,1-3H3. The van der Waals surface area contributed by atoms with Crippen LogP contribution in [0.2, 0.25) is 0 Å². The van der Waals surface area contributed by atoms with E-state index in [0.29, 0.717) is 11.3 Å². The SMILES string of the molecule is Cn1cnc2c(sc3nc4c(cc32)COC(C)(C)C4)c1=O. The number of aromatic nitrogens is 3. The van der Waals surface area contributed by atoms with Gasteiger partial charge in [0.2, 0.25) is 0 Å². The zero-order chi connectivity index (χ0) is 14.8. The molecule has 0 atom stereocenters. The molecule has 3 aromatic rings. The van der Waals surface area contributed by atoms with Gasteiger partial charge in [0.05, 0.1) is 29.7 Å². The number of fused-ring (bicyclic) bond motifs is 4. The van der Waals surface area contributed by atoms with Crippen molar-refractivity contribution in [1.82, 2.24) is 14.5 Å². The number of hydrogen-bond donors (Lipinski definition) is 0. The second-order valence-corrected chi connectivity index (χ2v) is 7.11. The van der Waals surface area contributed by atoms with Gasteiger partial charge in [-0.2, -0.15) is 0 Å². The summed E-state index contributed by atoms with van der Waals surface area (Å²) in [5.41, 5.74) is 2.72. The minimum absolute atomic E-state index is 0.0162. The molecule has 0 bridgehead atoms. The van der Waals surface area contributed by atoms with Crippen LogP contribution in [-0.2, 0) is 24.8 Å². The van der Waals surface area contributed by atoms with Crippen molar-refractivity contribution in [3.8, 4) is 0 Å². The van der Waals surface area contributed by atoms with Gasteiger partial charge in [-0.25, -0.2) is 9.97 Å². The highest BCUT2D eigenvalue weighted by molar-refractivity contribution is 7.25. The smallest absolute Gasteiger partial charge is 0.271 e. The van der Waals surface area contributed by atoms with Crippen LogP contribution in [0.3, 0.4) is 0 Å². The Balaban J connectivity index is 2.04. The average Bonchev–Trinajstić information content (AvgIpc) is 2.78. The van der Waals surface area contributed by atoms with Crippen molar-refractivity contribution in [3.05, 3.63) is 34.0 Å². The van der Waals surface area contributed by atoms with E-state index in [1.807, 2.05) is 0 Å². The molecule has 0 saturated heterocycles. The van der Waals surface area contributed by atoms with Crippen molar-refractivity contribution >= 4 is 31.8 Å². The Hall–Kier alpha value is -1.79. The monoisotopic (exact) mass is 301 g/mol. The van der Waals surface area contributed by atoms with Crippen LogP contribution in [0.4, 0.5) is 0 Å². The third kappa shape index (κ3) is 1.90. The largest absolute Gasteiger partial charge is 0.370 e. The van der Waals surface area contributed by atoms with Gasteiger partial charge >= 0.3 is 0 Å². The van der Waals surface area contributed by atoms with Gasteiger partial charge in [-0.05, 0) is 19.9 Å². The molecule has 0 aliphatic carbocycles. The summed E-state index contributed by atoms with van der Waals surface area (Å²) in [7, 11) is 1.72. The molecule has 0 spiro atoms. The van der Waals surface area contributed by atoms with E-state index in [9.17, 15) is 4.79 Å². The Bertz CT molecular complexity index is 939. The quantitative estimate of drug-likeness (QED) is 0.640. The van der Waals surface area contributed by atoms with Crippen LogP contribution in [0.5, 0.6) is 0 Å². The summed E-state index contributed by atoms with van der Waals surface area (Å²) < 4.78 is 8.02. The van der Waals surface area contributed by atoms with E-state index in [-0.39, 0.29) is 11.2 Å². The molecule has 0 amide bonds. The van der Waals surface area contributed by atoms with Gasteiger partial charge in [0.25, 0.3) is 5.56 Å². The van der Waals surface area contributed by atoms with E-state index in [1.165, 1.54) is 15.9 Å². The first kappa shape index (κ1) is 12.9. The molecular weight excluding hydrogens is 286 g/mol. The third-order valence-corrected chi connectivity index (χ3v) is 4.99. The van der Waals surface area contributed by atoms with E-state index in [2.05, 4.69) is 24.9 Å². The summed E-state index contributed by atoms with van der Waals surface area (Å²) in [4.78, 5) is 22.3. The first-order valence-corrected chi connectivity index (χ1v) is 7.67. The molecule has 0 saturated carbocycles. The molecule has 0 N–H and O–H groups in total. The second-order valence-electron chi connectivity index (χ2n) is 6.11. The Morgan fingerprint density at radius 1 is 1.43 bits per heavy atom. The molecule has 1 aliphatic rings. The lowest BCUT2D eigenvalue weighted by molar-refractivity contribution is -0.0411. The number of rotatable bonds is 0. The Labute approximate surface area is 125 Å². The van der Waals surface area contributed by atoms with E-state index in [4.69, 9.17) is 9.72 Å². The van der Waals surface area contributed by atoms with Gasteiger partial charge in [0.15, 0.2) is 0 Å². The lowest BCUT2D eigenvalue weighted by Gasteiger charge is -2.30. The topological polar surface area (TPSA) is 57.0 Å². The third-order valence-electron chi connectivity index (χ3n) is 3.91. The summed E-state index contributed by atoms with van der Waals surface area (Å²) in [6, 6.07) is 2.08. The lowest BCUT2D eigenvalue weighted by Crippen LogP contribution is -2.32. The minimum atomic E-state index is -0.182. The van der Waals surface area contributed by atoms with Gasteiger partial charge in [-0.3, -0.25) is 4.79 Å². The summed E-state index contributed by atoms with van der Waals surface area (Å²) in [6.07, 6.45) is 2.36. The molecule has 3 aromatic heterocycles. The number of ether oxygens (including phenoxy) is 1. The predicted molar refractivity (Wildman–Crippen MR) is 82.7 cm³/mol. The molecule has 4 heterocycles. The molecule has 6 heteroatoms. The second kappa shape index (κ2) is 4.11. The van der Waals surface area contributed by atoms with Crippen LogP contribution >= 0.6 is 11.3 Å². The van der Waals surface area contributed by atoms with Crippen molar-refractivity contribution < 1.29 is 4.74 Å². The Morgan fingerprint density at radius 3 is 3.05 bits per heavy atom. The molecule has 21 heavy (non-hydrogen) atoms. The molecule has 4 rings (SSSR count). The fourth-order valence-electron chi connectivity index (χ4n) is 2.72. The van der Waals surface area contributed by atoms with Crippen molar-refractivity contribution in [3.63, 3.8) is 0 Å². The average molecular weight is 301 g/mol. The first-order chi connectivity index (χ1) is 9.94. The number of thiophene rings is 1. The first-order valence-electron chi connectivity index (χ1n) is 6.85. The van der Waals surface area contributed by atoms with Crippen molar-refractivity contribution in [2.45, 2.75) is 32.5 Å². The van der Waals surface area contributed by atoms with Crippen LogP contribution in [0.1, 0.15) is 25.1 Å². The number of pyridine rings is 1. The maximum atomic E-state index is 12.2. The molecule has 1 aliphatic heterocycles. The fraction of sp³-hybridized carbons (Fsp3) is 0.400. The summed E-state index contributed by atoms with van der Waals surface area (Å²) in [5, 5.41) is 0.953. The Morgan fingerprint density at radius 2 is 2.24 bits per heavy atom. The Kier molecular flexibility index (Phi) is 2.53. The van der Waals surface area contributed by atoms with Crippen molar-refractivity contribution in [1.29, 1.82) is 0 Å². The molecule has 5 nitrogen and oxygen atoms in total. The van der Waals surface area contributed by atoms with Crippen LogP contribution in [-0.4, -0.2) is 20.1 Å². The molecule has 0 radical (unpaired) electrons. The van der Waals surface area contributed by atoms with E-state index in [0.717, 1.165) is 33.4 Å². The number of nitrogens with zero attached hydrogens (tertiary/aromatic N) is 3. The van der Waals surface area contributed by atoms with E-state index in [1.54, 1.807) is 13.4 Å². The van der Waals surface area contributed by atoms with Crippen LogP contribution < -0.4 is 5.56 Å². The maximum Gasteiger partial charge on any atom is 0.271 e. The lowest BCUT2D eigenvalue weighted by atomic mass is 9.95. The minimum Gasteiger partial charge on any atom is -0.370 e. The summed E-state index contributed by atoms with van der Waals surface area (Å²) in [6.45, 7) is 4.71. The van der Waals surface area contributed by atoms with Crippen molar-refractivity contribution in [2.24, 2.45) is 7.05 Å². The highest BCUT2D eigenvalue weighted by atomic mass is 32.1. The molecule has 0 fully saturated rings. The van der Waals surface area contributed by atoms with Crippen molar-refractivity contribution in [2.75, 3.05) is 0 Å². The highest BCUT2D eigenvalue weighted by Crippen LogP contribution is 2.34. The summed E-state index contributed by atoms with van der Waals surface area (Å²) in [5.74, 6) is 0. The molecule has 0 aromatic carbocycles. The number of aryl methyl sites for hydroxylation is 1. The van der Waals surface area contributed by atoms with Crippen LogP contribution in [0.15, 0.2) is 17.2 Å². The zero-order valence-corrected chi connectivity index (χ0v) is 13.0. The normalized spacial score (nSPS) is 17.3. The van der Waals surface area contributed by atoms with Crippen LogP contribution in [0, 0.1) is 0 Å². The highest BCUT2D eigenvalue weighted by Gasteiger charge is 2.28.